The van der Waals surface area contributed by atoms with Gasteiger partial charge in [-0.15, -0.1) is 0 Å². The Morgan fingerprint density at radius 1 is 1.00 bits per heavy atom. The fourth-order valence-electron chi connectivity index (χ4n) is 3.61. The topological polar surface area (TPSA) is 46.8 Å². The van der Waals surface area contributed by atoms with Crippen LogP contribution >= 0.6 is 0 Å². The maximum Gasteiger partial charge on any atom is 0.132 e. The third kappa shape index (κ3) is 2.77. The van der Waals surface area contributed by atoms with Crippen molar-refractivity contribution in [3.63, 3.8) is 0 Å². The van der Waals surface area contributed by atoms with Crippen molar-refractivity contribution in [1.29, 1.82) is 0 Å². The molecule has 0 bridgehead atoms. The lowest BCUT2D eigenvalue weighted by Crippen LogP contribution is -2.49. The van der Waals surface area contributed by atoms with Gasteiger partial charge in [-0.1, -0.05) is 32.9 Å². The average Bonchev–Trinajstić information content (AvgIpc) is 2.85. The van der Waals surface area contributed by atoms with Crippen LogP contribution in [0.3, 0.4) is 0 Å². The van der Waals surface area contributed by atoms with Gasteiger partial charge in [-0.2, -0.15) is 0 Å². The van der Waals surface area contributed by atoms with E-state index in [0.717, 1.165) is 41.8 Å². The second-order valence-electron chi connectivity index (χ2n) is 8.02. The molecule has 0 saturated carbocycles. The minimum atomic E-state index is 0.0154. The molecule has 5 heteroatoms. The first-order valence-corrected chi connectivity index (χ1v) is 8.87. The molecule has 0 spiro atoms. The molecule has 1 fully saturated rings. The number of anilines is 1. The summed E-state index contributed by atoms with van der Waals surface area (Å²) in [6, 6.07) is 10.9. The zero-order valence-corrected chi connectivity index (χ0v) is 15.6. The molecule has 3 heterocycles. The van der Waals surface area contributed by atoms with Gasteiger partial charge in [0.2, 0.25) is 0 Å². The number of nitrogens with zero attached hydrogens (tertiary/aromatic N) is 5. The minimum absolute atomic E-state index is 0.0154. The number of aryl methyl sites for hydroxylation is 2. The maximum absolute atomic E-state index is 4.93. The molecule has 1 aliphatic heterocycles. The van der Waals surface area contributed by atoms with E-state index in [1.54, 1.807) is 0 Å². The van der Waals surface area contributed by atoms with Gasteiger partial charge < -0.3 is 9.47 Å². The van der Waals surface area contributed by atoms with Crippen molar-refractivity contribution in [1.82, 2.24) is 19.5 Å². The summed E-state index contributed by atoms with van der Waals surface area (Å²) in [5.41, 5.74) is 3.35. The van der Waals surface area contributed by atoms with Crippen LogP contribution in [0.2, 0.25) is 0 Å². The zero-order chi connectivity index (χ0) is 17.8. The molecule has 0 N–H and O–H groups in total. The van der Waals surface area contributed by atoms with Gasteiger partial charge in [0.1, 0.15) is 17.5 Å². The number of hydrogen-bond donors (Lipinski definition) is 0. The number of benzene rings is 1. The van der Waals surface area contributed by atoms with E-state index in [-0.39, 0.29) is 5.41 Å². The normalized spacial score (nSPS) is 15.6. The van der Waals surface area contributed by atoms with Crippen molar-refractivity contribution < 1.29 is 0 Å². The Kier molecular flexibility index (Phi) is 3.56. The van der Waals surface area contributed by atoms with Crippen molar-refractivity contribution in [2.45, 2.75) is 46.1 Å². The van der Waals surface area contributed by atoms with E-state index >= 15 is 0 Å². The van der Waals surface area contributed by atoms with Crippen LogP contribution < -0.4 is 4.90 Å². The third-order valence-corrected chi connectivity index (χ3v) is 4.77. The molecule has 130 valence electrons. The van der Waals surface area contributed by atoms with E-state index in [1.165, 1.54) is 5.52 Å². The Morgan fingerprint density at radius 2 is 1.72 bits per heavy atom. The highest BCUT2D eigenvalue weighted by molar-refractivity contribution is 5.76. The first kappa shape index (κ1) is 16.1. The highest BCUT2D eigenvalue weighted by Crippen LogP contribution is 2.34. The highest BCUT2D eigenvalue weighted by atomic mass is 15.3. The molecule has 5 nitrogen and oxygen atoms in total. The molecule has 4 rings (SSSR count). The van der Waals surface area contributed by atoms with Gasteiger partial charge in [-0.05, 0) is 26.0 Å². The lowest BCUT2D eigenvalue weighted by atomic mass is 9.94. The van der Waals surface area contributed by atoms with E-state index < -0.39 is 0 Å². The molecule has 2 aromatic heterocycles. The summed E-state index contributed by atoms with van der Waals surface area (Å²) in [7, 11) is 0. The molecule has 25 heavy (non-hydrogen) atoms. The van der Waals surface area contributed by atoms with Gasteiger partial charge in [0.25, 0.3) is 0 Å². The van der Waals surface area contributed by atoms with E-state index in [9.17, 15) is 0 Å². The van der Waals surface area contributed by atoms with Crippen LogP contribution in [-0.4, -0.2) is 32.6 Å². The van der Waals surface area contributed by atoms with Crippen LogP contribution in [0.25, 0.3) is 11.0 Å². The van der Waals surface area contributed by atoms with Gasteiger partial charge >= 0.3 is 0 Å². The number of imidazole rings is 1. The molecular formula is C20H25N5. The molecule has 0 unspecified atom stereocenters. The maximum atomic E-state index is 4.93. The Bertz CT molecular complexity index is 909. The van der Waals surface area contributed by atoms with Crippen LogP contribution in [0.5, 0.6) is 0 Å². The second-order valence-corrected chi connectivity index (χ2v) is 8.02. The number of para-hydroxylation sites is 2. The second kappa shape index (κ2) is 5.55. The quantitative estimate of drug-likeness (QED) is 0.714. The molecule has 0 aliphatic carbocycles. The minimum Gasteiger partial charge on any atom is -0.352 e. The monoisotopic (exact) mass is 335 g/mol. The van der Waals surface area contributed by atoms with E-state index in [2.05, 4.69) is 70.5 Å². The molecule has 3 aromatic rings. The number of rotatable bonds is 2. The largest absolute Gasteiger partial charge is 0.352 e. The first-order valence-electron chi connectivity index (χ1n) is 8.87. The highest BCUT2D eigenvalue weighted by Gasteiger charge is 2.34. The Balaban J connectivity index is 1.68. The van der Waals surface area contributed by atoms with Crippen LogP contribution in [0.1, 0.15) is 44.2 Å². The average molecular weight is 335 g/mol. The summed E-state index contributed by atoms with van der Waals surface area (Å²) in [5, 5.41) is 0. The molecule has 1 aromatic carbocycles. The van der Waals surface area contributed by atoms with Gasteiger partial charge in [-0.3, -0.25) is 0 Å². The van der Waals surface area contributed by atoms with Crippen LogP contribution in [0.4, 0.5) is 5.82 Å². The molecule has 1 saturated heterocycles. The fraction of sp³-hybridized carbons (Fsp3) is 0.450. The van der Waals surface area contributed by atoms with E-state index in [1.807, 2.05) is 13.8 Å². The SMILES string of the molecule is Cc1cc(N2CC(n3c(C(C)(C)C)nc4ccccc43)C2)nc(C)n1. The molecule has 0 atom stereocenters. The summed E-state index contributed by atoms with van der Waals surface area (Å²) < 4.78 is 2.44. The summed E-state index contributed by atoms with van der Waals surface area (Å²) >= 11 is 0. The Labute approximate surface area is 148 Å². The fourth-order valence-corrected chi connectivity index (χ4v) is 3.61. The van der Waals surface area contributed by atoms with Gasteiger partial charge in [0, 0.05) is 30.3 Å². The standard InChI is InChI=1S/C20H25N5/c1-13-10-18(22-14(2)21-13)24-11-15(12-24)25-17-9-7-6-8-16(17)23-19(25)20(3,4)5/h6-10,15H,11-12H2,1-5H3. The molecule has 0 amide bonds. The Morgan fingerprint density at radius 3 is 2.40 bits per heavy atom. The smallest absolute Gasteiger partial charge is 0.132 e. The number of hydrogen-bond acceptors (Lipinski definition) is 4. The summed E-state index contributed by atoms with van der Waals surface area (Å²) in [5.74, 6) is 3.03. The lowest BCUT2D eigenvalue weighted by Gasteiger charge is -2.42. The molecule has 0 radical (unpaired) electrons. The van der Waals surface area contributed by atoms with Crippen molar-refractivity contribution in [3.05, 3.63) is 47.7 Å². The summed E-state index contributed by atoms with van der Waals surface area (Å²) in [6.07, 6.45) is 0. The number of aromatic nitrogens is 4. The predicted octanol–water partition coefficient (Wildman–Crippen LogP) is 3.80. The van der Waals surface area contributed by atoms with Crippen LogP contribution in [0, 0.1) is 13.8 Å². The summed E-state index contributed by atoms with van der Waals surface area (Å²) in [6.45, 7) is 12.6. The molecular weight excluding hydrogens is 310 g/mol. The number of fused-ring (bicyclic) bond motifs is 1. The third-order valence-electron chi connectivity index (χ3n) is 4.77. The molecule has 1 aliphatic rings. The van der Waals surface area contributed by atoms with Crippen molar-refractivity contribution >= 4 is 16.9 Å². The van der Waals surface area contributed by atoms with Crippen molar-refractivity contribution in [3.8, 4) is 0 Å². The van der Waals surface area contributed by atoms with Gasteiger partial charge in [0.15, 0.2) is 0 Å². The van der Waals surface area contributed by atoms with E-state index in [4.69, 9.17) is 4.98 Å². The zero-order valence-electron chi connectivity index (χ0n) is 15.6. The first-order chi connectivity index (χ1) is 11.8. The Hall–Kier alpha value is -2.43. The van der Waals surface area contributed by atoms with Gasteiger partial charge in [0.05, 0.1) is 17.1 Å². The van der Waals surface area contributed by atoms with Crippen LogP contribution in [-0.2, 0) is 5.41 Å². The van der Waals surface area contributed by atoms with E-state index in [0.29, 0.717) is 6.04 Å². The van der Waals surface area contributed by atoms with Crippen LogP contribution in [0.15, 0.2) is 30.3 Å². The van der Waals surface area contributed by atoms with Crippen molar-refractivity contribution in [2.75, 3.05) is 18.0 Å². The summed E-state index contributed by atoms with van der Waals surface area (Å²) in [4.78, 5) is 16.2. The predicted molar refractivity (Wildman–Crippen MR) is 101 cm³/mol. The van der Waals surface area contributed by atoms with Crippen molar-refractivity contribution in [2.24, 2.45) is 0 Å². The lowest BCUT2D eigenvalue weighted by molar-refractivity contribution is 0.371. The van der Waals surface area contributed by atoms with Gasteiger partial charge in [-0.25, -0.2) is 15.0 Å².